The molecule has 0 aliphatic rings. The van der Waals surface area contributed by atoms with E-state index in [-0.39, 0.29) is 13.1 Å². The predicted molar refractivity (Wildman–Crippen MR) is 73.0 cm³/mol. The van der Waals surface area contributed by atoms with Gasteiger partial charge in [0, 0.05) is 19.7 Å². The molecule has 8 heteroatoms. The van der Waals surface area contributed by atoms with Gasteiger partial charge in [0.15, 0.2) is 0 Å². The summed E-state index contributed by atoms with van der Waals surface area (Å²) in [6.07, 6.45) is 2.86. The van der Waals surface area contributed by atoms with Gasteiger partial charge in [-0.1, -0.05) is 6.58 Å². The van der Waals surface area contributed by atoms with Crippen molar-refractivity contribution in [1.82, 2.24) is 9.80 Å². The molecule has 0 aromatic carbocycles. The summed E-state index contributed by atoms with van der Waals surface area (Å²) in [5.41, 5.74) is 0. The van der Waals surface area contributed by atoms with Crippen LogP contribution in [0.15, 0.2) is 25.0 Å². The third kappa shape index (κ3) is 7.51. The smallest absolute Gasteiger partial charge is 0.330 e. The Morgan fingerprint density at radius 1 is 1.19 bits per heavy atom. The van der Waals surface area contributed by atoms with Crippen LogP contribution < -0.4 is 0 Å². The van der Waals surface area contributed by atoms with E-state index in [4.69, 9.17) is 5.11 Å². The van der Waals surface area contributed by atoms with Gasteiger partial charge in [-0.05, 0) is 13.0 Å². The molecule has 1 N–H and O–H groups in total. The fourth-order valence-corrected chi connectivity index (χ4v) is 1.25. The summed E-state index contributed by atoms with van der Waals surface area (Å²) < 4.78 is 4.64. The second-order valence-electron chi connectivity index (χ2n) is 3.94. The number of hydrogen-bond acceptors (Lipinski definition) is 5. The molecule has 0 aliphatic heterocycles. The maximum Gasteiger partial charge on any atom is 0.330 e. The number of carbonyl (C=O) groups excluding carboxylic acids is 3. The number of nitrogens with zero attached hydrogens (tertiary/aromatic N) is 2. The zero-order chi connectivity index (χ0) is 16.4. The molecule has 0 aromatic heterocycles. The van der Waals surface area contributed by atoms with Gasteiger partial charge in [-0.2, -0.15) is 0 Å². The van der Waals surface area contributed by atoms with Crippen molar-refractivity contribution in [1.29, 1.82) is 0 Å². The van der Waals surface area contributed by atoms with Crippen LogP contribution in [0, 0.1) is 0 Å². The van der Waals surface area contributed by atoms with Crippen LogP contribution in [-0.4, -0.2) is 65.3 Å². The number of hydrogen-bond donors (Lipinski definition) is 1. The van der Waals surface area contributed by atoms with E-state index in [2.05, 4.69) is 11.3 Å². The van der Waals surface area contributed by atoms with Crippen LogP contribution in [0.4, 0.5) is 0 Å². The Morgan fingerprint density at radius 2 is 1.81 bits per heavy atom. The normalized spacial score (nSPS) is 10.0. The van der Waals surface area contributed by atoms with Crippen LogP contribution >= 0.6 is 0 Å². The maximum absolute atomic E-state index is 11.6. The summed E-state index contributed by atoms with van der Waals surface area (Å²) in [7, 11) is 1.39. The number of ether oxygens (including phenoxy) is 1. The molecule has 2 amide bonds. The van der Waals surface area contributed by atoms with Gasteiger partial charge in [-0.3, -0.25) is 14.4 Å². The highest BCUT2D eigenvalue weighted by Crippen LogP contribution is 1.94. The quantitative estimate of drug-likeness (QED) is 0.372. The van der Waals surface area contributed by atoms with Crippen LogP contribution in [0.1, 0.15) is 6.92 Å². The number of likely N-dealkylation sites (N-methyl/N-ethyl adjacent to an activating group) is 2. The van der Waals surface area contributed by atoms with Gasteiger partial charge in [0.25, 0.3) is 0 Å². The molecule has 0 radical (unpaired) electrons. The zero-order valence-corrected chi connectivity index (χ0v) is 11.9. The Hall–Kier alpha value is -2.64. The van der Waals surface area contributed by atoms with Crippen molar-refractivity contribution < 1.29 is 29.0 Å². The van der Waals surface area contributed by atoms with Gasteiger partial charge in [-0.25, -0.2) is 4.79 Å². The molecule has 0 saturated carbocycles. The van der Waals surface area contributed by atoms with Crippen LogP contribution in [0.25, 0.3) is 0 Å². The third-order valence-corrected chi connectivity index (χ3v) is 2.35. The van der Waals surface area contributed by atoms with Crippen LogP contribution in [0.2, 0.25) is 0 Å². The highest BCUT2D eigenvalue weighted by atomic mass is 16.5. The number of rotatable bonds is 8. The maximum atomic E-state index is 11.6. The van der Waals surface area contributed by atoms with Crippen LogP contribution in [-0.2, 0) is 23.9 Å². The Kier molecular flexibility index (Phi) is 8.13. The molecular formula is C13H18N2O6. The molecule has 0 bridgehead atoms. The number of carbonyl (C=O) groups is 4. The summed E-state index contributed by atoms with van der Waals surface area (Å²) in [5, 5.41) is 8.60. The number of aliphatic carboxylic acids is 1. The first-order valence-corrected chi connectivity index (χ1v) is 6.06. The first-order chi connectivity index (χ1) is 9.81. The highest BCUT2D eigenvalue weighted by molar-refractivity contribution is 5.91. The third-order valence-electron chi connectivity index (χ3n) is 2.35. The highest BCUT2D eigenvalue weighted by Gasteiger charge is 2.13. The molecule has 0 fully saturated rings. The molecule has 0 unspecified atom stereocenters. The molecule has 0 rings (SSSR count). The van der Waals surface area contributed by atoms with Gasteiger partial charge in [0.05, 0.1) is 6.26 Å². The predicted octanol–water partition coefficient (Wildman–Crippen LogP) is -0.379. The molecule has 0 aliphatic carbocycles. The molecule has 21 heavy (non-hydrogen) atoms. The van der Waals surface area contributed by atoms with E-state index >= 15 is 0 Å². The first kappa shape index (κ1) is 18.4. The molecule has 0 atom stereocenters. The molecule has 0 aromatic rings. The lowest BCUT2D eigenvalue weighted by atomic mass is 10.4. The average Bonchev–Trinajstić information content (AvgIpc) is 2.43. The van der Waals surface area contributed by atoms with E-state index in [0.717, 1.165) is 28.2 Å². The number of esters is 1. The lowest BCUT2D eigenvalue weighted by Crippen LogP contribution is -2.34. The average molecular weight is 298 g/mol. The van der Waals surface area contributed by atoms with Gasteiger partial charge >= 0.3 is 11.9 Å². The lowest BCUT2D eigenvalue weighted by molar-refractivity contribution is -0.143. The van der Waals surface area contributed by atoms with Gasteiger partial charge in [0.2, 0.25) is 11.8 Å². The van der Waals surface area contributed by atoms with Gasteiger partial charge < -0.3 is 19.6 Å². The number of amides is 2. The number of carboxylic acid groups (broad SMARTS) is 1. The van der Waals surface area contributed by atoms with Crippen molar-refractivity contribution in [3.05, 3.63) is 25.0 Å². The van der Waals surface area contributed by atoms with E-state index in [1.54, 1.807) is 6.92 Å². The molecule has 116 valence electrons. The Balaban J connectivity index is 4.33. The Labute approximate surface area is 122 Å². The topological polar surface area (TPSA) is 104 Å². The second-order valence-corrected chi connectivity index (χ2v) is 3.94. The summed E-state index contributed by atoms with van der Waals surface area (Å²) in [4.78, 5) is 46.7. The van der Waals surface area contributed by atoms with Crippen molar-refractivity contribution in [3.63, 3.8) is 0 Å². The first-order valence-electron chi connectivity index (χ1n) is 6.06. The van der Waals surface area contributed by atoms with E-state index in [0.29, 0.717) is 0 Å². The van der Waals surface area contributed by atoms with Crippen molar-refractivity contribution in [2.45, 2.75) is 6.92 Å². The fourth-order valence-electron chi connectivity index (χ4n) is 1.25. The second kappa shape index (κ2) is 9.29. The van der Waals surface area contributed by atoms with Crippen molar-refractivity contribution >= 4 is 23.8 Å². The van der Waals surface area contributed by atoms with E-state index in [1.807, 2.05) is 0 Å². The SMILES string of the molecule is C=CC(=O)N(C)CC(=O)O/C=C/C(=O)N(CC)CC(=O)O. The largest absolute Gasteiger partial charge is 0.480 e. The monoisotopic (exact) mass is 298 g/mol. The van der Waals surface area contributed by atoms with E-state index in [1.165, 1.54) is 7.05 Å². The van der Waals surface area contributed by atoms with Crippen LogP contribution in [0.3, 0.4) is 0 Å². The lowest BCUT2D eigenvalue weighted by Gasteiger charge is -2.16. The standard InChI is InChI=1S/C13H18N2O6/c1-4-10(16)14(3)9-13(20)21-7-6-11(17)15(5-2)8-12(18)19/h4,6-7H,1,5,8-9H2,2-3H3,(H,18,19)/b7-6+. The molecule has 0 spiro atoms. The minimum atomic E-state index is -1.14. The van der Waals surface area contributed by atoms with Crippen molar-refractivity contribution in [3.8, 4) is 0 Å². The molecule has 8 nitrogen and oxygen atoms in total. The van der Waals surface area contributed by atoms with E-state index in [9.17, 15) is 19.2 Å². The zero-order valence-electron chi connectivity index (χ0n) is 11.9. The summed E-state index contributed by atoms with van der Waals surface area (Å²) >= 11 is 0. The van der Waals surface area contributed by atoms with Crippen molar-refractivity contribution in [2.75, 3.05) is 26.7 Å². The fraction of sp³-hybridized carbons (Fsp3) is 0.385. The molecule has 0 saturated heterocycles. The van der Waals surface area contributed by atoms with Gasteiger partial charge in [0.1, 0.15) is 13.1 Å². The minimum absolute atomic E-state index is 0.208. The Bertz CT molecular complexity index is 458. The number of carboxylic acids is 1. The summed E-state index contributed by atoms with van der Waals surface area (Å²) in [5.74, 6) is -2.91. The minimum Gasteiger partial charge on any atom is -0.480 e. The summed E-state index contributed by atoms with van der Waals surface area (Å²) in [6.45, 7) is 4.37. The van der Waals surface area contributed by atoms with Crippen molar-refractivity contribution in [2.24, 2.45) is 0 Å². The van der Waals surface area contributed by atoms with Gasteiger partial charge in [-0.15, -0.1) is 0 Å². The van der Waals surface area contributed by atoms with E-state index < -0.39 is 30.3 Å². The van der Waals surface area contributed by atoms with Crippen LogP contribution in [0.5, 0.6) is 0 Å². The molecular weight excluding hydrogens is 280 g/mol. The molecule has 0 heterocycles. The Morgan fingerprint density at radius 3 is 2.29 bits per heavy atom. The summed E-state index contributed by atoms with van der Waals surface area (Å²) in [6, 6.07) is 0.